The Morgan fingerprint density at radius 1 is 1.20 bits per heavy atom. The van der Waals surface area contributed by atoms with Crippen LogP contribution in [0.5, 0.6) is 0 Å². The molecule has 1 aromatic rings. The van der Waals surface area contributed by atoms with Crippen LogP contribution in [0.2, 0.25) is 0 Å². The fraction of sp³-hybridized carbons (Fsp3) is 0.647. The molecule has 0 spiro atoms. The molecule has 1 aromatic carbocycles. The Morgan fingerprint density at radius 3 is 2.55 bits per heavy atom. The molecule has 1 aliphatic carbocycles. The zero-order valence-electron chi connectivity index (χ0n) is 12.9. The molecule has 0 heterocycles. The summed E-state index contributed by atoms with van der Waals surface area (Å²) in [4.78, 5) is 2.35. The van der Waals surface area contributed by atoms with Crippen LogP contribution in [-0.4, -0.2) is 44.8 Å². The molecule has 1 aliphatic rings. The molecular weight excluding hydrogens is 248 g/mol. The predicted molar refractivity (Wildman–Crippen MR) is 84.0 cm³/mol. The van der Waals surface area contributed by atoms with E-state index in [1.54, 1.807) is 7.11 Å². The average Bonchev–Trinajstić information content (AvgIpc) is 3.25. The van der Waals surface area contributed by atoms with Crippen molar-refractivity contribution in [1.29, 1.82) is 0 Å². The van der Waals surface area contributed by atoms with E-state index in [1.807, 2.05) is 0 Å². The molecule has 20 heavy (non-hydrogen) atoms. The molecule has 0 unspecified atom stereocenters. The number of benzene rings is 1. The number of hydrogen-bond acceptors (Lipinski definition) is 3. The van der Waals surface area contributed by atoms with Crippen molar-refractivity contribution in [1.82, 2.24) is 10.2 Å². The molecule has 0 amide bonds. The first-order chi connectivity index (χ1) is 9.78. The minimum Gasteiger partial charge on any atom is -0.385 e. The number of hydrogen-bond donors (Lipinski definition) is 1. The maximum absolute atomic E-state index is 5.08. The van der Waals surface area contributed by atoms with Crippen molar-refractivity contribution in [2.24, 2.45) is 0 Å². The van der Waals surface area contributed by atoms with E-state index in [9.17, 15) is 0 Å². The molecule has 3 heteroatoms. The fourth-order valence-corrected chi connectivity index (χ4v) is 2.39. The summed E-state index contributed by atoms with van der Waals surface area (Å²) >= 11 is 0. The Morgan fingerprint density at radius 2 is 1.90 bits per heavy atom. The van der Waals surface area contributed by atoms with E-state index in [2.05, 4.69) is 41.5 Å². The Balaban J connectivity index is 1.66. The number of methoxy groups -OCH3 is 1. The van der Waals surface area contributed by atoms with Gasteiger partial charge in [-0.05, 0) is 50.4 Å². The van der Waals surface area contributed by atoms with Gasteiger partial charge in [-0.25, -0.2) is 0 Å². The van der Waals surface area contributed by atoms with Gasteiger partial charge >= 0.3 is 0 Å². The molecule has 1 fully saturated rings. The lowest BCUT2D eigenvalue weighted by Gasteiger charge is -2.16. The second-order valence-electron chi connectivity index (χ2n) is 5.88. The van der Waals surface area contributed by atoms with Crippen molar-refractivity contribution < 1.29 is 4.74 Å². The quantitative estimate of drug-likeness (QED) is 0.664. The summed E-state index contributed by atoms with van der Waals surface area (Å²) in [6.45, 7) is 4.06. The molecule has 0 bridgehead atoms. The van der Waals surface area contributed by atoms with Gasteiger partial charge in [-0.15, -0.1) is 0 Å². The van der Waals surface area contributed by atoms with Gasteiger partial charge in [-0.2, -0.15) is 0 Å². The van der Waals surface area contributed by atoms with Crippen molar-refractivity contribution in [2.45, 2.75) is 38.3 Å². The van der Waals surface area contributed by atoms with E-state index in [0.29, 0.717) is 0 Å². The highest BCUT2D eigenvalue weighted by Crippen LogP contribution is 2.18. The first kappa shape index (κ1) is 15.5. The molecule has 1 N–H and O–H groups in total. The van der Waals surface area contributed by atoms with Crippen LogP contribution in [0, 0.1) is 0 Å². The van der Waals surface area contributed by atoms with Gasteiger partial charge in [-0.3, -0.25) is 0 Å². The third-order valence-electron chi connectivity index (χ3n) is 3.79. The summed E-state index contributed by atoms with van der Waals surface area (Å²) in [6, 6.07) is 9.88. The van der Waals surface area contributed by atoms with Gasteiger partial charge in [-0.1, -0.05) is 24.3 Å². The molecule has 0 radical (unpaired) electrons. The van der Waals surface area contributed by atoms with Crippen molar-refractivity contribution in [3.8, 4) is 0 Å². The van der Waals surface area contributed by atoms with Crippen LogP contribution in [0.25, 0.3) is 0 Å². The number of nitrogens with zero attached hydrogens (tertiary/aromatic N) is 1. The molecule has 0 saturated heterocycles. The Kier molecular flexibility index (Phi) is 6.51. The summed E-state index contributed by atoms with van der Waals surface area (Å²) in [5.41, 5.74) is 2.83. The highest BCUT2D eigenvalue weighted by molar-refractivity contribution is 5.22. The SMILES string of the molecule is COCCCN(C)Cc1ccc(CCNC2CC2)cc1. The Hall–Kier alpha value is -0.900. The monoisotopic (exact) mass is 276 g/mol. The van der Waals surface area contributed by atoms with Crippen LogP contribution in [0.3, 0.4) is 0 Å². The minimum absolute atomic E-state index is 0.815. The Labute approximate surface area is 123 Å². The van der Waals surface area contributed by atoms with Gasteiger partial charge in [0.15, 0.2) is 0 Å². The zero-order valence-corrected chi connectivity index (χ0v) is 12.9. The van der Waals surface area contributed by atoms with Crippen LogP contribution >= 0.6 is 0 Å². The van der Waals surface area contributed by atoms with E-state index >= 15 is 0 Å². The smallest absolute Gasteiger partial charge is 0.0474 e. The molecule has 112 valence electrons. The first-order valence-corrected chi connectivity index (χ1v) is 7.76. The third kappa shape index (κ3) is 6.04. The van der Waals surface area contributed by atoms with Gasteiger partial charge < -0.3 is 15.0 Å². The standard InChI is InChI=1S/C17H28N2O/c1-19(12-3-13-20-2)14-16-6-4-15(5-7-16)10-11-18-17-8-9-17/h4-7,17-18H,3,8-14H2,1-2H3. The molecule has 0 aliphatic heterocycles. The second kappa shape index (κ2) is 8.40. The summed E-state index contributed by atoms with van der Waals surface area (Å²) in [7, 11) is 3.93. The maximum atomic E-state index is 5.08. The van der Waals surface area contributed by atoms with Crippen LogP contribution < -0.4 is 5.32 Å². The van der Waals surface area contributed by atoms with Crippen molar-refractivity contribution >= 4 is 0 Å². The maximum Gasteiger partial charge on any atom is 0.0474 e. The van der Waals surface area contributed by atoms with Gasteiger partial charge in [0.25, 0.3) is 0 Å². The summed E-state index contributed by atoms with van der Waals surface area (Å²) in [5.74, 6) is 0. The predicted octanol–water partition coefficient (Wildman–Crippen LogP) is 2.45. The second-order valence-corrected chi connectivity index (χ2v) is 5.88. The van der Waals surface area contributed by atoms with Crippen LogP contribution in [0.4, 0.5) is 0 Å². The molecule has 1 saturated carbocycles. The van der Waals surface area contributed by atoms with E-state index in [-0.39, 0.29) is 0 Å². The number of nitrogens with one attached hydrogen (secondary N) is 1. The summed E-state index contributed by atoms with van der Waals surface area (Å²) in [5, 5.41) is 3.56. The van der Waals surface area contributed by atoms with E-state index in [0.717, 1.165) is 45.1 Å². The highest BCUT2D eigenvalue weighted by atomic mass is 16.5. The lowest BCUT2D eigenvalue weighted by Crippen LogP contribution is -2.20. The third-order valence-corrected chi connectivity index (χ3v) is 3.79. The molecule has 2 rings (SSSR count). The highest BCUT2D eigenvalue weighted by Gasteiger charge is 2.19. The average molecular weight is 276 g/mol. The van der Waals surface area contributed by atoms with Gasteiger partial charge in [0, 0.05) is 32.8 Å². The van der Waals surface area contributed by atoms with E-state index in [1.165, 1.54) is 24.0 Å². The number of ether oxygens (including phenoxy) is 1. The molecule has 3 nitrogen and oxygen atoms in total. The number of rotatable bonds is 10. The Bertz CT molecular complexity index is 373. The van der Waals surface area contributed by atoms with Crippen molar-refractivity contribution in [2.75, 3.05) is 33.9 Å². The lowest BCUT2D eigenvalue weighted by molar-refractivity contribution is 0.178. The van der Waals surface area contributed by atoms with Crippen molar-refractivity contribution in [3.63, 3.8) is 0 Å². The largest absolute Gasteiger partial charge is 0.385 e. The fourth-order valence-electron chi connectivity index (χ4n) is 2.39. The van der Waals surface area contributed by atoms with Crippen LogP contribution in [0.1, 0.15) is 30.4 Å². The van der Waals surface area contributed by atoms with Gasteiger partial charge in [0.05, 0.1) is 0 Å². The molecular formula is C17H28N2O. The molecule has 0 atom stereocenters. The topological polar surface area (TPSA) is 24.5 Å². The molecule has 0 aromatic heterocycles. The minimum atomic E-state index is 0.815. The van der Waals surface area contributed by atoms with Crippen molar-refractivity contribution in [3.05, 3.63) is 35.4 Å². The van der Waals surface area contributed by atoms with Gasteiger partial charge in [0.1, 0.15) is 0 Å². The van der Waals surface area contributed by atoms with E-state index < -0.39 is 0 Å². The van der Waals surface area contributed by atoms with Gasteiger partial charge in [0.2, 0.25) is 0 Å². The zero-order chi connectivity index (χ0) is 14.2. The lowest BCUT2D eigenvalue weighted by atomic mass is 10.1. The summed E-state index contributed by atoms with van der Waals surface area (Å²) < 4.78 is 5.08. The van der Waals surface area contributed by atoms with E-state index in [4.69, 9.17) is 4.74 Å². The van der Waals surface area contributed by atoms with Crippen LogP contribution in [-0.2, 0) is 17.7 Å². The summed E-state index contributed by atoms with van der Waals surface area (Å²) in [6.07, 6.45) is 4.97. The normalized spacial score (nSPS) is 14.9. The first-order valence-electron chi connectivity index (χ1n) is 7.76. The van der Waals surface area contributed by atoms with Crippen LogP contribution in [0.15, 0.2) is 24.3 Å².